The van der Waals surface area contributed by atoms with Gasteiger partial charge in [0.05, 0.1) is 12.4 Å². The number of benzene rings is 2. The van der Waals surface area contributed by atoms with Crippen LogP contribution in [0, 0.1) is 0 Å². The van der Waals surface area contributed by atoms with Gasteiger partial charge < -0.3 is 9.64 Å². The molecule has 0 spiro atoms. The maximum absolute atomic E-state index is 12.2. The molecule has 4 heteroatoms. The summed E-state index contributed by atoms with van der Waals surface area (Å²) in [6.45, 7) is 3.28. The van der Waals surface area contributed by atoms with Crippen molar-refractivity contribution in [2.75, 3.05) is 19.4 Å². The molecule has 0 heterocycles. The van der Waals surface area contributed by atoms with Gasteiger partial charge in [-0.3, -0.25) is 4.79 Å². The molecule has 0 saturated carbocycles. The summed E-state index contributed by atoms with van der Waals surface area (Å²) in [4.78, 5) is 14.0. The van der Waals surface area contributed by atoms with Crippen molar-refractivity contribution < 1.29 is 9.53 Å². The summed E-state index contributed by atoms with van der Waals surface area (Å²) in [7, 11) is 1.85. The van der Waals surface area contributed by atoms with Crippen molar-refractivity contribution >= 4 is 17.7 Å². The lowest BCUT2D eigenvalue weighted by Gasteiger charge is -2.17. The molecule has 0 fully saturated rings. The van der Waals surface area contributed by atoms with E-state index in [4.69, 9.17) is 4.74 Å². The number of para-hydroxylation sites is 1. The van der Waals surface area contributed by atoms with Gasteiger partial charge >= 0.3 is 0 Å². The summed E-state index contributed by atoms with van der Waals surface area (Å²) in [5, 5.41) is 0. The zero-order chi connectivity index (χ0) is 16.5. The molecular weight excluding hydrogens is 306 g/mol. The summed E-state index contributed by atoms with van der Waals surface area (Å²) >= 11 is 1.62. The summed E-state index contributed by atoms with van der Waals surface area (Å²) in [5.74, 6) is 2.31. The average Bonchev–Trinajstić information content (AvgIpc) is 2.57. The van der Waals surface area contributed by atoms with Gasteiger partial charge in [-0.15, -0.1) is 11.8 Å². The van der Waals surface area contributed by atoms with Gasteiger partial charge in [0, 0.05) is 24.9 Å². The summed E-state index contributed by atoms with van der Waals surface area (Å²) in [6, 6.07) is 18.0. The predicted molar refractivity (Wildman–Crippen MR) is 96.7 cm³/mol. The lowest BCUT2D eigenvalue weighted by molar-refractivity contribution is -0.127. The van der Waals surface area contributed by atoms with E-state index in [1.165, 1.54) is 0 Å². The molecule has 0 atom stereocenters. The predicted octanol–water partition coefficient (Wildman–Crippen LogP) is 3.98. The Balaban J connectivity index is 1.80. The molecule has 0 aromatic heterocycles. The van der Waals surface area contributed by atoms with Crippen LogP contribution in [0.1, 0.15) is 18.1 Å². The van der Waals surface area contributed by atoms with Gasteiger partial charge in [0.1, 0.15) is 5.75 Å². The average molecular weight is 329 g/mol. The minimum absolute atomic E-state index is 0.146. The third-order valence-corrected chi connectivity index (χ3v) is 4.41. The number of carbonyl (C=O) groups is 1. The Kier molecular flexibility index (Phi) is 7.01. The van der Waals surface area contributed by atoms with Crippen LogP contribution in [0.25, 0.3) is 0 Å². The monoisotopic (exact) mass is 329 g/mol. The molecule has 0 aliphatic heterocycles. The second kappa shape index (κ2) is 9.26. The van der Waals surface area contributed by atoms with E-state index in [0.717, 1.165) is 22.6 Å². The Morgan fingerprint density at radius 2 is 1.78 bits per heavy atom. The second-order valence-electron chi connectivity index (χ2n) is 5.27. The first-order chi connectivity index (χ1) is 11.2. The van der Waals surface area contributed by atoms with Crippen LogP contribution in [0.2, 0.25) is 0 Å². The summed E-state index contributed by atoms with van der Waals surface area (Å²) < 4.78 is 5.61. The van der Waals surface area contributed by atoms with Crippen LogP contribution in [-0.2, 0) is 17.1 Å². The first kappa shape index (κ1) is 17.4. The molecule has 0 aliphatic carbocycles. The van der Waals surface area contributed by atoms with Crippen LogP contribution < -0.4 is 4.74 Å². The molecule has 2 rings (SSSR count). The van der Waals surface area contributed by atoms with Crippen molar-refractivity contribution in [3.05, 3.63) is 65.7 Å². The number of ether oxygens (including phenoxy) is 1. The van der Waals surface area contributed by atoms with E-state index in [1.54, 1.807) is 16.7 Å². The van der Waals surface area contributed by atoms with Crippen molar-refractivity contribution in [3.63, 3.8) is 0 Å². The summed E-state index contributed by atoms with van der Waals surface area (Å²) in [6.07, 6.45) is 0. The molecule has 1 amide bonds. The zero-order valence-corrected chi connectivity index (χ0v) is 14.5. The highest BCUT2D eigenvalue weighted by molar-refractivity contribution is 7.99. The van der Waals surface area contributed by atoms with Crippen LogP contribution in [-0.4, -0.2) is 30.2 Å². The number of carbonyl (C=O) groups excluding carboxylic acids is 1. The number of rotatable bonds is 8. The van der Waals surface area contributed by atoms with Crippen LogP contribution in [0.3, 0.4) is 0 Å². The van der Waals surface area contributed by atoms with Gasteiger partial charge in [0.2, 0.25) is 5.91 Å². The molecule has 122 valence electrons. The van der Waals surface area contributed by atoms with Gasteiger partial charge in [-0.1, -0.05) is 48.5 Å². The minimum Gasteiger partial charge on any atom is -0.494 e. The van der Waals surface area contributed by atoms with Crippen molar-refractivity contribution in [3.8, 4) is 5.75 Å². The highest BCUT2D eigenvalue weighted by atomic mass is 32.2. The second-order valence-corrected chi connectivity index (χ2v) is 6.25. The molecule has 0 aliphatic rings. The third kappa shape index (κ3) is 5.64. The quantitative estimate of drug-likeness (QED) is 0.734. The highest BCUT2D eigenvalue weighted by Crippen LogP contribution is 2.23. The lowest BCUT2D eigenvalue weighted by Crippen LogP contribution is -2.27. The van der Waals surface area contributed by atoms with Crippen molar-refractivity contribution in [1.29, 1.82) is 0 Å². The first-order valence-electron chi connectivity index (χ1n) is 7.77. The fourth-order valence-electron chi connectivity index (χ4n) is 2.22. The number of nitrogens with zero attached hydrogens (tertiary/aromatic N) is 1. The fraction of sp³-hybridized carbons (Fsp3) is 0.316. The van der Waals surface area contributed by atoms with Gasteiger partial charge in [-0.05, 0) is 18.6 Å². The number of amides is 1. The van der Waals surface area contributed by atoms with Crippen molar-refractivity contribution in [1.82, 2.24) is 4.90 Å². The van der Waals surface area contributed by atoms with E-state index in [2.05, 4.69) is 6.07 Å². The zero-order valence-electron chi connectivity index (χ0n) is 13.7. The molecular formula is C19H23NO2S. The van der Waals surface area contributed by atoms with Crippen molar-refractivity contribution in [2.24, 2.45) is 0 Å². The molecule has 2 aromatic carbocycles. The Morgan fingerprint density at radius 3 is 2.52 bits per heavy atom. The molecule has 0 N–H and O–H groups in total. The molecule has 0 unspecified atom stereocenters. The topological polar surface area (TPSA) is 29.5 Å². The maximum Gasteiger partial charge on any atom is 0.232 e. The van der Waals surface area contributed by atoms with Crippen LogP contribution in [0.5, 0.6) is 5.75 Å². The number of thioether (sulfide) groups is 1. The number of hydrogen-bond donors (Lipinski definition) is 0. The van der Waals surface area contributed by atoms with E-state index in [0.29, 0.717) is 18.9 Å². The molecule has 0 bridgehead atoms. The van der Waals surface area contributed by atoms with Gasteiger partial charge in [0.15, 0.2) is 0 Å². The Morgan fingerprint density at radius 1 is 1.09 bits per heavy atom. The maximum atomic E-state index is 12.2. The Labute approximate surface area is 142 Å². The van der Waals surface area contributed by atoms with Gasteiger partial charge in [-0.25, -0.2) is 0 Å². The van der Waals surface area contributed by atoms with E-state index in [-0.39, 0.29) is 5.91 Å². The lowest BCUT2D eigenvalue weighted by atomic mass is 10.2. The minimum atomic E-state index is 0.146. The van der Waals surface area contributed by atoms with E-state index in [1.807, 2.05) is 62.5 Å². The first-order valence-corrected chi connectivity index (χ1v) is 8.92. The van der Waals surface area contributed by atoms with Crippen LogP contribution >= 0.6 is 11.8 Å². The van der Waals surface area contributed by atoms with Crippen LogP contribution in [0.15, 0.2) is 54.6 Å². The molecule has 0 radical (unpaired) electrons. The van der Waals surface area contributed by atoms with Crippen molar-refractivity contribution in [2.45, 2.75) is 19.2 Å². The third-order valence-electron chi connectivity index (χ3n) is 3.44. The largest absolute Gasteiger partial charge is 0.494 e. The van der Waals surface area contributed by atoms with E-state index < -0.39 is 0 Å². The summed E-state index contributed by atoms with van der Waals surface area (Å²) in [5.41, 5.74) is 2.29. The van der Waals surface area contributed by atoms with Crippen LogP contribution in [0.4, 0.5) is 0 Å². The Hall–Kier alpha value is -1.94. The molecule has 23 heavy (non-hydrogen) atoms. The van der Waals surface area contributed by atoms with E-state index in [9.17, 15) is 4.79 Å². The molecule has 3 nitrogen and oxygen atoms in total. The number of hydrogen-bond acceptors (Lipinski definition) is 3. The standard InChI is InChI=1S/C19H23NO2S/c1-3-22-18-12-8-7-11-17(18)14-23-15-19(21)20(2)13-16-9-5-4-6-10-16/h4-12H,3,13-15H2,1-2H3. The smallest absolute Gasteiger partial charge is 0.232 e. The molecule has 0 saturated heterocycles. The SMILES string of the molecule is CCOc1ccccc1CSCC(=O)N(C)Cc1ccccc1. The van der Waals surface area contributed by atoms with Gasteiger partial charge in [-0.2, -0.15) is 0 Å². The van der Waals surface area contributed by atoms with E-state index >= 15 is 0 Å². The normalized spacial score (nSPS) is 10.3. The molecule has 2 aromatic rings. The Bertz CT molecular complexity index is 616. The highest BCUT2D eigenvalue weighted by Gasteiger charge is 2.10. The fourth-order valence-corrected chi connectivity index (χ4v) is 3.18. The van der Waals surface area contributed by atoms with Gasteiger partial charge in [0.25, 0.3) is 0 Å².